The summed E-state index contributed by atoms with van der Waals surface area (Å²) in [5.41, 5.74) is 2.18. The smallest absolute Gasteiger partial charge is 0.252 e. The topological polar surface area (TPSA) is 49.3 Å². The molecule has 5 heteroatoms. The van der Waals surface area contributed by atoms with Crippen LogP contribution in [0.4, 0.5) is 0 Å². The summed E-state index contributed by atoms with van der Waals surface area (Å²) < 4.78 is 0.997. The van der Waals surface area contributed by atoms with Crippen molar-refractivity contribution in [1.29, 1.82) is 0 Å². The summed E-state index contributed by atoms with van der Waals surface area (Å²) in [6.45, 7) is 2.18. The van der Waals surface area contributed by atoms with E-state index in [4.69, 9.17) is 5.11 Å². The van der Waals surface area contributed by atoms with E-state index in [0.717, 1.165) is 14.9 Å². The van der Waals surface area contributed by atoms with Gasteiger partial charge in [0.15, 0.2) is 0 Å². The highest BCUT2D eigenvalue weighted by atomic mass is 79.9. The minimum atomic E-state index is -0.225. The third kappa shape index (κ3) is 4.18. The van der Waals surface area contributed by atoms with E-state index >= 15 is 0 Å². The lowest BCUT2D eigenvalue weighted by molar-refractivity contribution is 0.0951. The largest absolute Gasteiger partial charge is 0.384 e. The number of rotatable bonds is 3. The van der Waals surface area contributed by atoms with Gasteiger partial charge in [0, 0.05) is 14.9 Å². The molecule has 0 atom stereocenters. The van der Waals surface area contributed by atoms with Gasteiger partial charge in [0.25, 0.3) is 5.91 Å². The van der Waals surface area contributed by atoms with Crippen molar-refractivity contribution in [3.8, 4) is 11.8 Å². The molecule has 0 unspecified atom stereocenters. The van der Waals surface area contributed by atoms with E-state index in [-0.39, 0.29) is 12.5 Å². The molecule has 3 nitrogen and oxygen atoms in total. The average Bonchev–Trinajstić information content (AvgIpc) is 2.88. The lowest BCUT2D eigenvalue weighted by atomic mass is 10.0. The molecule has 1 heterocycles. The Morgan fingerprint density at radius 2 is 2.24 bits per heavy atom. The molecule has 0 spiro atoms. The third-order valence-corrected chi connectivity index (χ3v) is 4.75. The molecule has 1 aromatic heterocycles. The van der Waals surface area contributed by atoms with Gasteiger partial charge < -0.3 is 10.4 Å². The van der Waals surface area contributed by atoms with E-state index in [0.29, 0.717) is 17.7 Å². The van der Waals surface area contributed by atoms with Gasteiger partial charge in [-0.15, -0.1) is 11.3 Å². The highest BCUT2D eigenvalue weighted by molar-refractivity contribution is 9.10. The summed E-state index contributed by atoms with van der Waals surface area (Å²) in [5.74, 6) is 5.24. The van der Waals surface area contributed by atoms with Crippen molar-refractivity contribution >= 4 is 33.2 Å². The van der Waals surface area contributed by atoms with Gasteiger partial charge in [0.1, 0.15) is 6.61 Å². The fourth-order valence-electron chi connectivity index (χ4n) is 1.80. The number of thiophene rings is 1. The first-order chi connectivity index (χ1) is 10.1. The standard InChI is InChI=1S/C16H14BrNO2S/c1-11-4-5-13(12(9-11)3-2-7-19)16(20)18-10-15-14(17)6-8-21-15/h4-6,8-9,19H,7,10H2,1H3,(H,18,20). The maximum Gasteiger partial charge on any atom is 0.252 e. The van der Waals surface area contributed by atoms with E-state index in [2.05, 4.69) is 33.1 Å². The van der Waals surface area contributed by atoms with Crippen LogP contribution in [0.5, 0.6) is 0 Å². The Hall–Kier alpha value is -1.61. The summed E-state index contributed by atoms with van der Waals surface area (Å²) in [5, 5.41) is 13.7. The summed E-state index contributed by atoms with van der Waals surface area (Å²) >= 11 is 5.02. The van der Waals surface area contributed by atoms with Crippen molar-refractivity contribution in [2.24, 2.45) is 0 Å². The number of hydrogen-bond donors (Lipinski definition) is 2. The molecule has 108 valence electrons. The van der Waals surface area contributed by atoms with Gasteiger partial charge in [-0.05, 0) is 52.0 Å². The third-order valence-electron chi connectivity index (χ3n) is 2.82. The SMILES string of the molecule is Cc1ccc(C(=O)NCc2sccc2Br)c(C#CCO)c1. The lowest BCUT2D eigenvalue weighted by Gasteiger charge is -2.07. The van der Waals surface area contributed by atoms with Crippen molar-refractivity contribution in [2.45, 2.75) is 13.5 Å². The van der Waals surface area contributed by atoms with Crippen LogP contribution < -0.4 is 5.32 Å². The van der Waals surface area contributed by atoms with Crippen LogP contribution in [0.1, 0.15) is 26.4 Å². The number of amides is 1. The molecule has 0 aliphatic carbocycles. The Bertz CT molecular complexity index is 713. The fraction of sp³-hybridized carbons (Fsp3) is 0.188. The van der Waals surface area contributed by atoms with Crippen molar-refractivity contribution < 1.29 is 9.90 Å². The van der Waals surface area contributed by atoms with E-state index in [1.54, 1.807) is 17.4 Å². The molecule has 21 heavy (non-hydrogen) atoms. The Labute approximate surface area is 136 Å². The molecule has 0 aliphatic heterocycles. The molecular weight excluding hydrogens is 350 g/mol. The average molecular weight is 364 g/mol. The Morgan fingerprint density at radius 3 is 2.90 bits per heavy atom. The Balaban J connectivity index is 2.17. The second-order valence-electron chi connectivity index (χ2n) is 4.38. The number of carbonyl (C=O) groups excluding carboxylic acids is 1. The predicted octanol–water partition coefficient (Wildman–Crippen LogP) is 3.09. The highest BCUT2D eigenvalue weighted by Crippen LogP contribution is 2.22. The normalized spacial score (nSPS) is 9.86. The first-order valence-electron chi connectivity index (χ1n) is 6.32. The number of aliphatic hydroxyl groups excluding tert-OH is 1. The number of nitrogens with one attached hydrogen (secondary N) is 1. The summed E-state index contributed by atoms with van der Waals surface area (Å²) in [4.78, 5) is 13.4. The molecule has 0 saturated heterocycles. The van der Waals surface area contributed by atoms with Crippen LogP contribution in [-0.2, 0) is 6.54 Å². The van der Waals surface area contributed by atoms with Gasteiger partial charge in [-0.25, -0.2) is 0 Å². The Kier molecular flexibility index (Phi) is 5.57. The minimum Gasteiger partial charge on any atom is -0.384 e. The summed E-state index contributed by atoms with van der Waals surface area (Å²) in [6, 6.07) is 7.43. The van der Waals surface area contributed by atoms with Gasteiger partial charge >= 0.3 is 0 Å². The van der Waals surface area contributed by atoms with Gasteiger partial charge in [-0.1, -0.05) is 17.9 Å². The van der Waals surface area contributed by atoms with Gasteiger partial charge in [-0.2, -0.15) is 0 Å². The van der Waals surface area contributed by atoms with Crippen LogP contribution in [0, 0.1) is 18.8 Å². The van der Waals surface area contributed by atoms with E-state index in [9.17, 15) is 4.79 Å². The van der Waals surface area contributed by atoms with Gasteiger partial charge in [-0.3, -0.25) is 4.79 Å². The van der Waals surface area contributed by atoms with Crippen molar-refractivity contribution in [1.82, 2.24) is 5.32 Å². The van der Waals surface area contributed by atoms with Crippen LogP contribution in [-0.4, -0.2) is 17.6 Å². The second-order valence-corrected chi connectivity index (χ2v) is 6.24. The molecule has 0 fully saturated rings. The lowest BCUT2D eigenvalue weighted by Crippen LogP contribution is -2.23. The molecule has 0 aliphatic rings. The number of benzene rings is 1. The first kappa shape index (κ1) is 15.8. The monoisotopic (exact) mass is 363 g/mol. The van der Waals surface area contributed by atoms with Crippen molar-refractivity contribution in [2.75, 3.05) is 6.61 Å². The zero-order chi connectivity index (χ0) is 15.2. The predicted molar refractivity (Wildman–Crippen MR) is 88.3 cm³/mol. The maximum absolute atomic E-state index is 12.3. The van der Waals surface area contributed by atoms with Crippen LogP contribution >= 0.6 is 27.3 Å². The zero-order valence-corrected chi connectivity index (χ0v) is 13.8. The van der Waals surface area contributed by atoms with E-state index in [1.165, 1.54) is 0 Å². The molecule has 2 aromatic rings. The molecule has 0 radical (unpaired) electrons. The van der Waals surface area contributed by atoms with E-state index in [1.807, 2.05) is 30.5 Å². The van der Waals surface area contributed by atoms with E-state index < -0.39 is 0 Å². The molecule has 0 saturated carbocycles. The number of carbonyl (C=O) groups is 1. The minimum absolute atomic E-state index is 0.169. The van der Waals surface area contributed by atoms with Gasteiger partial charge in [0.2, 0.25) is 0 Å². The molecule has 1 amide bonds. The van der Waals surface area contributed by atoms with Gasteiger partial charge in [0.05, 0.1) is 12.1 Å². The number of hydrogen-bond acceptors (Lipinski definition) is 3. The molecule has 1 aromatic carbocycles. The Morgan fingerprint density at radius 1 is 1.43 bits per heavy atom. The maximum atomic E-state index is 12.3. The summed E-state index contributed by atoms with van der Waals surface area (Å²) in [7, 11) is 0. The number of aliphatic hydroxyl groups is 1. The van der Waals surface area contributed by atoms with Crippen LogP contribution in [0.15, 0.2) is 34.1 Å². The first-order valence-corrected chi connectivity index (χ1v) is 7.99. The zero-order valence-electron chi connectivity index (χ0n) is 11.4. The second kappa shape index (κ2) is 7.41. The van der Waals surface area contributed by atoms with Crippen LogP contribution in [0.2, 0.25) is 0 Å². The molecule has 2 N–H and O–H groups in total. The van der Waals surface area contributed by atoms with Crippen molar-refractivity contribution in [3.63, 3.8) is 0 Å². The summed E-state index contributed by atoms with van der Waals surface area (Å²) in [6.07, 6.45) is 0. The quantitative estimate of drug-likeness (QED) is 0.823. The molecule has 0 bridgehead atoms. The number of aryl methyl sites for hydroxylation is 1. The fourth-order valence-corrected chi connectivity index (χ4v) is 3.23. The molecular formula is C16H14BrNO2S. The van der Waals surface area contributed by atoms with Crippen LogP contribution in [0.25, 0.3) is 0 Å². The van der Waals surface area contributed by atoms with Crippen LogP contribution in [0.3, 0.4) is 0 Å². The molecule has 2 rings (SSSR count). The number of halogens is 1. The highest BCUT2D eigenvalue weighted by Gasteiger charge is 2.11. The van der Waals surface area contributed by atoms with Crippen molar-refractivity contribution in [3.05, 3.63) is 55.7 Å².